The Balaban J connectivity index is 2.38. The Morgan fingerprint density at radius 1 is 1.50 bits per heavy atom. The maximum Gasteiger partial charge on any atom is 0.151 e. The summed E-state index contributed by atoms with van der Waals surface area (Å²) in [6.07, 6.45) is 0. The van der Waals surface area contributed by atoms with Gasteiger partial charge in [-0.3, -0.25) is 4.68 Å². The highest BCUT2D eigenvalue weighted by molar-refractivity contribution is 9.10. The smallest absolute Gasteiger partial charge is 0.151 e. The highest BCUT2D eigenvalue weighted by atomic mass is 79.9. The molecule has 1 aromatic heterocycles. The molecule has 0 radical (unpaired) electrons. The molecule has 1 aliphatic heterocycles. The van der Waals surface area contributed by atoms with Gasteiger partial charge in [-0.25, -0.2) is 0 Å². The van der Waals surface area contributed by atoms with Gasteiger partial charge in [-0.1, -0.05) is 12.1 Å². The van der Waals surface area contributed by atoms with Crippen molar-refractivity contribution in [2.45, 2.75) is 25.8 Å². The third kappa shape index (κ3) is 1.48. The maximum absolute atomic E-state index is 4.03. The summed E-state index contributed by atoms with van der Waals surface area (Å²) < 4.78 is 2.75. The molecule has 2 rings (SSSR count). The van der Waals surface area contributed by atoms with E-state index in [2.05, 4.69) is 45.4 Å². The van der Waals surface area contributed by atoms with Gasteiger partial charge in [-0.05, 0) is 35.3 Å². The van der Waals surface area contributed by atoms with Crippen LogP contribution in [-0.4, -0.2) is 27.6 Å². The fourth-order valence-corrected chi connectivity index (χ4v) is 2.91. The molecule has 2 heterocycles. The second kappa shape index (κ2) is 3.62. The number of nitrogens with zero attached hydrogens (tertiary/aromatic N) is 3. The van der Waals surface area contributed by atoms with E-state index in [1.807, 2.05) is 11.7 Å². The van der Waals surface area contributed by atoms with Crippen molar-refractivity contribution < 1.29 is 0 Å². The van der Waals surface area contributed by atoms with Crippen molar-refractivity contribution in [3.63, 3.8) is 0 Å². The summed E-state index contributed by atoms with van der Waals surface area (Å²) >= 11 is 3.46. The van der Waals surface area contributed by atoms with Crippen molar-refractivity contribution in [3.8, 4) is 0 Å². The lowest BCUT2D eigenvalue weighted by Gasteiger charge is -2.18. The minimum Gasteiger partial charge on any atom is -0.313 e. The number of nitrogens with one attached hydrogen (secondary N) is 1. The highest BCUT2D eigenvalue weighted by Gasteiger charge is 2.35. The van der Waals surface area contributed by atoms with Crippen molar-refractivity contribution in [2.24, 2.45) is 13.0 Å². The molecule has 78 valence electrons. The third-order valence-electron chi connectivity index (χ3n) is 3.06. The first kappa shape index (κ1) is 10.1. The molecule has 0 aliphatic carbocycles. The maximum atomic E-state index is 4.03. The van der Waals surface area contributed by atoms with Crippen LogP contribution in [0.15, 0.2) is 4.60 Å². The highest BCUT2D eigenvalue weighted by Crippen LogP contribution is 2.34. The van der Waals surface area contributed by atoms with Crippen LogP contribution in [0.1, 0.15) is 25.5 Å². The lowest BCUT2D eigenvalue weighted by Crippen LogP contribution is -2.23. The van der Waals surface area contributed by atoms with Crippen LogP contribution in [0.2, 0.25) is 0 Å². The predicted molar refractivity (Wildman–Crippen MR) is 58.1 cm³/mol. The summed E-state index contributed by atoms with van der Waals surface area (Å²) in [6, 6.07) is 0.499. The van der Waals surface area contributed by atoms with E-state index in [9.17, 15) is 0 Å². The average molecular weight is 259 g/mol. The van der Waals surface area contributed by atoms with Gasteiger partial charge in [-0.15, -0.1) is 5.10 Å². The molecular weight excluding hydrogens is 244 g/mol. The van der Waals surface area contributed by atoms with E-state index < -0.39 is 0 Å². The van der Waals surface area contributed by atoms with E-state index in [0.29, 0.717) is 17.9 Å². The first-order valence-electron chi connectivity index (χ1n) is 4.89. The Kier molecular flexibility index (Phi) is 2.62. The molecule has 5 heteroatoms. The molecule has 0 saturated carbocycles. The minimum absolute atomic E-state index is 0.499. The Labute approximate surface area is 92.2 Å². The lowest BCUT2D eigenvalue weighted by atomic mass is 9.90. The molecule has 0 spiro atoms. The Hall–Kier alpha value is -0.420. The summed E-state index contributed by atoms with van der Waals surface area (Å²) in [5.74, 6) is 1.14. The van der Waals surface area contributed by atoms with Gasteiger partial charge in [0.25, 0.3) is 0 Å². The molecule has 0 bridgehead atoms. The van der Waals surface area contributed by atoms with Gasteiger partial charge >= 0.3 is 0 Å². The zero-order valence-corrected chi connectivity index (χ0v) is 10.2. The summed E-state index contributed by atoms with van der Waals surface area (Å²) in [4.78, 5) is 0. The van der Waals surface area contributed by atoms with E-state index >= 15 is 0 Å². The zero-order valence-electron chi connectivity index (χ0n) is 8.66. The van der Waals surface area contributed by atoms with Crippen LogP contribution >= 0.6 is 15.9 Å². The van der Waals surface area contributed by atoms with Crippen LogP contribution < -0.4 is 5.32 Å². The van der Waals surface area contributed by atoms with Crippen molar-refractivity contribution in [2.75, 3.05) is 6.54 Å². The average Bonchev–Trinajstić information content (AvgIpc) is 2.60. The van der Waals surface area contributed by atoms with E-state index in [0.717, 1.165) is 11.1 Å². The van der Waals surface area contributed by atoms with Gasteiger partial charge in [0.15, 0.2) is 4.60 Å². The van der Waals surface area contributed by atoms with Crippen LogP contribution in [-0.2, 0) is 7.05 Å². The van der Waals surface area contributed by atoms with Crippen molar-refractivity contribution >= 4 is 15.9 Å². The van der Waals surface area contributed by atoms with E-state index in [1.165, 1.54) is 5.69 Å². The van der Waals surface area contributed by atoms with Crippen LogP contribution in [0, 0.1) is 5.92 Å². The fourth-order valence-electron chi connectivity index (χ4n) is 2.32. The molecule has 1 aromatic rings. The van der Waals surface area contributed by atoms with Crippen molar-refractivity contribution in [1.29, 1.82) is 0 Å². The number of aryl methyl sites for hydroxylation is 1. The fraction of sp³-hybridized carbons (Fsp3) is 0.778. The van der Waals surface area contributed by atoms with Crippen LogP contribution in [0.4, 0.5) is 0 Å². The molecule has 1 N–H and O–H groups in total. The minimum atomic E-state index is 0.499. The first-order valence-corrected chi connectivity index (χ1v) is 5.69. The normalized spacial score (nSPS) is 32.4. The molecule has 1 fully saturated rings. The van der Waals surface area contributed by atoms with Crippen LogP contribution in [0.5, 0.6) is 0 Å². The summed E-state index contributed by atoms with van der Waals surface area (Å²) in [5, 5.41) is 11.5. The van der Waals surface area contributed by atoms with Gasteiger partial charge < -0.3 is 5.32 Å². The topological polar surface area (TPSA) is 42.7 Å². The Morgan fingerprint density at radius 2 is 2.21 bits per heavy atom. The predicted octanol–water partition coefficient (Wildman–Crippen LogP) is 1.29. The molecular formula is C9H15BrN4. The molecule has 3 atom stereocenters. The molecule has 0 amide bonds. The number of rotatable bonds is 1. The molecule has 0 aromatic carbocycles. The van der Waals surface area contributed by atoms with E-state index in [-0.39, 0.29) is 0 Å². The van der Waals surface area contributed by atoms with Gasteiger partial charge in [0.1, 0.15) is 0 Å². The van der Waals surface area contributed by atoms with E-state index in [1.54, 1.807) is 0 Å². The molecule has 3 unspecified atom stereocenters. The molecule has 1 aliphatic rings. The van der Waals surface area contributed by atoms with Crippen LogP contribution in [0.3, 0.4) is 0 Å². The third-order valence-corrected chi connectivity index (χ3v) is 3.62. The van der Waals surface area contributed by atoms with Crippen LogP contribution in [0.25, 0.3) is 0 Å². The molecule has 4 nitrogen and oxygen atoms in total. The Bertz CT molecular complexity index is 306. The van der Waals surface area contributed by atoms with E-state index in [4.69, 9.17) is 0 Å². The van der Waals surface area contributed by atoms with Gasteiger partial charge in [0, 0.05) is 19.0 Å². The Morgan fingerprint density at radius 3 is 2.64 bits per heavy atom. The van der Waals surface area contributed by atoms with Crippen molar-refractivity contribution in [1.82, 2.24) is 20.3 Å². The SMILES string of the molecule is CC1CNC(C)C1c1c(Br)nnn1C. The van der Waals surface area contributed by atoms with Gasteiger partial charge in [0.05, 0.1) is 5.69 Å². The standard InChI is InChI=1S/C9H15BrN4/c1-5-4-11-6(2)7(5)8-9(10)12-13-14(8)3/h5-7,11H,4H2,1-3H3. The zero-order chi connectivity index (χ0) is 10.3. The molecule has 1 saturated heterocycles. The van der Waals surface area contributed by atoms with Gasteiger partial charge in [0.2, 0.25) is 0 Å². The lowest BCUT2D eigenvalue weighted by molar-refractivity contribution is 0.480. The largest absolute Gasteiger partial charge is 0.313 e. The second-order valence-electron chi connectivity index (χ2n) is 4.09. The summed E-state index contributed by atoms with van der Waals surface area (Å²) in [6.45, 7) is 5.55. The monoisotopic (exact) mass is 258 g/mol. The summed E-state index contributed by atoms with van der Waals surface area (Å²) in [5.41, 5.74) is 1.20. The quantitative estimate of drug-likeness (QED) is 0.826. The molecule has 14 heavy (non-hydrogen) atoms. The van der Waals surface area contributed by atoms with Gasteiger partial charge in [-0.2, -0.15) is 0 Å². The summed E-state index contributed by atoms with van der Waals surface area (Å²) in [7, 11) is 1.95. The number of hydrogen-bond donors (Lipinski definition) is 1. The second-order valence-corrected chi connectivity index (χ2v) is 4.84. The number of halogens is 1. The first-order chi connectivity index (χ1) is 6.61. The number of aromatic nitrogens is 3. The van der Waals surface area contributed by atoms with Crippen molar-refractivity contribution in [3.05, 3.63) is 10.3 Å². The number of hydrogen-bond acceptors (Lipinski definition) is 3.